The highest BCUT2D eigenvalue weighted by molar-refractivity contribution is 6.24. The molecule has 16 rings (SSSR count). The van der Waals surface area contributed by atoms with Gasteiger partial charge in [0.15, 0.2) is 29.1 Å². The van der Waals surface area contributed by atoms with E-state index in [4.69, 9.17) is 29.9 Å². The third-order valence-electron chi connectivity index (χ3n) is 16.1. The van der Waals surface area contributed by atoms with Crippen LogP contribution in [0.4, 0.5) is 0 Å². The molecule has 4 aromatic heterocycles. The Bertz CT molecular complexity index is 4820. The summed E-state index contributed by atoms with van der Waals surface area (Å²) >= 11 is 0. The first-order chi connectivity index (χ1) is 40.2. The van der Waals surface area contributed by atoms with Crippen LogP contribution < -0.4 is 0 Å². The smallest absolute Gasteiger partial charge is 0.238 e. The molecule has 0 fully saturated rings. The zero-order valence-corrected chi connectivity index (χ0v) is 43.6. The second-order valence-electron chi connectivity index (χ2n) is 20.6. The molecule has 1 aliphatic rings. The Morgan fingerprint density at radius 1 is 0.259 bits per heavy atom. The molecular weight excluding hydrogens is 989 g/mol. The fourth-order valence-electron chi connectivity index (χ4n) is 12.6. The summed E-state index contributed by atoms with van der Waals surface area (Å²) in [5.41, 5.74) is 15.9. The van der Waals surface area contributed by atoms with E-state index in [0.717, 1.165) is 77.1 Å². The molecule has 378 valence electrons. The maximum Gasteiger partial charge on any atom is 0.238 e. The second-order valence-corrected chi connectivity index (χ2v) is 20.6. The fraction of sp³-hybridized carbons (Fsp3) is 0.0137. The standard InChI is InChI=1S/C73H46N8/c1-6-24-47(25-7-1)67-74-70(50-42-43-54-53-34-16-20-38-60(53)73(61(54)46-50,51-30-12-4-13-31-51)52-32-14-5-15-33-52)77-71(76-67)59-37-19-23-41-64(59)80-62-39-21-17-35-55(62)57-44-45-58-56-36-18-22-40-63(56)81(66(58)65(57)80)72-78-68(48-26-8-2-9-27-48)75-69(79-72)49-28-10-3-11-29-49/h1-46H. The zero-order chi connectivity index (χ0) is 53.4. The Labute approximate surface area is 466 Å². The summed E-state index contributed by atoms with van der Waals surface area (Å²) in [7, 11) is 0. The van der Waals surface area contributed by atoms with Gasteiger partial charge >= 0.3 is 0 Å². The molecule has 81 heavy (non-hydrogen) atoms. The van der Waals surface area contributed by atoms with Gasteiger partial charge in [-0.15, -0.1) is 0 Å². The maximum absolute atomic E-state index is 5.57. The first-order valence-electron chi connectivity index (χ1n) is 27.3. The van der Waals surface area contributed by atoms with Gasteiger partial charge in [0.2, 0.25) is 5.95 Å². The highest BCUT2D eigenvalue weighted by Crippen LogP contribution is 2.57. The molecule has 8 nitrogen and oxygen atoms in total. The van der Waals surface area contributed by atoms with Gasteiger partial charge in [-0.25, -0.2) is 19.9 Å². The van der Waals surface area contributed by atoms with Crippen molar-refractivity contribution in [2.75, 3.05) is 0 Å². The molecule has 4 heterocycles. The number of hydrogen-bond acceptors (Lipinski definition) is 6. The molecule has 0 amide bonds. The van der Waals surface area contributed by atoms with Crippen LogP contribution in [0.1, 0.15) is 22.3 Å². The number of hydrogen-bond donors (Lipinski definition) is 0. The molecule has 15 aromatic rings. The lowest BCUT2D eigenvalue weighted by Gasteiger charge is -2.34. The minimum Gasteiger partial charge on any atom is -0.306 e. The van der Waals surface area contributed by atoms with Gasteiger partial charge in [-0.05, 0) is 63.7 Å². The predicted molar refractivity (Wildman–Crippen MR) is 326 cm³/mol. The van der Waals surface area contributed by atoms with E-state index in [9.17, 15) is 0 Å². The number of nitrogens with zero attached hydrogens (tertiary/aromatic N) is 8. The van der Waals surface area contributed by atoms with Gasteiger partial charge in [-0.3, -0.25) is 4.57 Å². The van der Waals surface area contributed by atoms with Crippen molar-refractivity contribution in [2.45, 2.75) is 5.41 Å². The lowest BCUT2D eigenvalue weighted by atomic mass is 9.67. The zero-order valence-electron chi connectivity index (χ0n) is 43.6. The average molecular weight is 1040 g/mol. The van der Waals surface area contributed by atoms with E-state index >= 15 is 0 Å². The quantitative estimate of drug-likeness (QED) is 0.143. The summed E-state index contributed by atoms with van der Waals surface area (Å²) in [6, 6.07) is 98.1. The van der Waals surface area contributed by atoms with Gasteiger partial charge in [0, 0.05) is 49.4 Å². The predicted octanol–water partition coefficient (Wildman–Crippen LogP) is 16.9. The largest absolute Gasteiger partial charge is 0.306 e. The first kappa shape index (κ1) is 46.2. The van der Waals surface area contributed by atoms with Crippen molar-refractivity contribution in [1.82, 2.24) is 39.0 Å². The summed E-state index contributed by atoms with van der Waals surface area (Å²) in [5.74, 6) is 3.39. The topological polar surface area (TPSA) is 87.2 Å². The van der Waals surface area contributed by atoms with Crippen LogP contribution in [0.25, 0.3) is 123 Å². The lowest BCUT2D eigenvalue weighted by molar-refractivity contribution is 0.768. The van der Waals surface area contributed by atoms with E-state index in [2.05, 4.69) is 234 Å². The highest BCUT2D eigenvalue weighted by Gasteiger charge is 2.46. The van der Waals surface area contributed by atoms with Crippen molar-refractivity contribution in [3.8, 4) is 79.7 Å². The van der Waals surface area contributed by atoms with Crippen molar-refractivity contribution in [3.05, 3.63) is 301 Å². The number of rotatable bonds is 9. The van der Waals surface area contributed by atoms with Crippen LogP contribution in [-0.2, 0) is 5.41 Å². The number of benzene rings is 11. The average Bonchev–Trinajstić information content (AvgIpc) is 4.01. The van der Waals surface area contributed by atoms with Crippen LogP contribution in [-0.4, -0.2) is 39.0 Å². The Balaban J connectivity index is 0.958. The third-order valence-corrected chi connectivity index (χ3v) is 16.1. The summed E-state index contributed by atoms with van der Waals surface area (Å²) in [4.78, 5) is 32.2. The van der Waals surface area contributed by atoms with Crippen LogP contribution >= 0.6 is 0 Å². The van der Waals surface area contributed by atoms with Crippen LogP contribution in [0.2, 0.25) is 0 Å². The van der Waals surface area contributed by atoms with Crippen LogP contribution in [0.15, 0.2) is 279 Å². The second kappa shape index (κ2) is 18.6. The van der Waals surface area contributed by atoms with E-state index in [0.29, 0.717) is 35.1 Å². The van der Waals surface area contributed by atoms with Crippen molar-refractivity contribution < 1.29 is 0 Å². The highest BCUT2D eigenvalue weighted by atomic mass is 15.2. The molecule has 0 N–H and O–H groups in total. The third kappa shape index (κ3) is 7.24. The molecule has 0 radical (unpaired) electrons. The lowest BCUT2D eigenvalue weighted by Crippen LogP contribution is -2.28. The summed E-state index contributed by atoms with van der Waals surface area (Å²) in [6.45, 7) is 0. The minimum atomic E-state index is -0.604. The first-order valence-corrected chi connectivity index (χ1v) is 27.3. The van der Waals surface area contributed by atoms with E-state index < -0.39 is 5.41 Å². The van der Waals surface area contributed by atoms with Gasteiger partial charge in [0.25, 0.3) is 0 Å². The van der Waals surface area contributed by atoms with Crippen LogP contribution in [0.3, 0.4) is 0 Å². The van der Waals surface area contributed by atoms with Crippen molar-refractivity contribution in [2.24, 2.45) is 0 Å². The number of aromatic nitrogens is 8. The summed E-state index contributed by atoms with van der Waals surface area (Å²) in [5, 5.41) is 4.33. The molecule has 0 unspecified atom stereocenters. The van der Waals surface area contributed by atoms with E-state index in [1.54, 1.807) is 0 Å². The van der Waals surface area contributed by atoms with Crippen LogP contribution in [0.5, 0.6) is 0 Å². The Kier molecular flexibility index (Phi) is 10.6. The Morgan fingerprint density at radius 3 is 1.23 bits per heavy atom. The molecule has 0 saturated heterocycles. The maximum atomic E-state index is 5.57. The number of para-hydroxylation sites is 3. The van der Waals surface area contributed by atoms with E-state index in [1.807, 2.05) is 54.6 Å². The monoisotopic (exact) mass is 1030 g/mol. The Hall–Kier alpha value is -11.0. The number of fused-ring (bicyclic) bond motifs is 10. The molecule has 0 aliphatic heterocycles. The summed E-state index contributed by atoms with van der Waals surface area (Å²) < 4.78 is 4.62. The molecule has 0 atom stereocenters. The van der Waals surface area contributed by atoms with Crippen molar-refractivity contribution in [3.63, 3.8) is 0 Å². The molecule has 1 aliphatic carbocycles. The van der Waals surface area contributed by atoms with E-state index in [1.165, 1.54) is 33.4 Å². The Morgan fingerprint density at radius 2 is 0.667 bits per heavy atom. The van der Waals surface area contributed by atoms with Crippen molar-refractivity contribution >= 4 is 43.6 Å². The minimum absolute atomic E-state index is 0.516. The molecule has 8 heteroatoms. The molecular formula is C73H46N8. The van der Waals surface area contributed by atoms with E-state index in [-0.39, 0.29) is 0 Å². The van der Waals surface area contributed by atoms with Gasteiger partial charge in [-0.1, -0.05) is 249 Å². The van der Waals surface area contributed by atoms with Gasteiger partial charge in [0.05, 0.1) is 33.2 Å². The normalized spacial score (nSPS) is 12.5. The molecule has 0 spiro atoms. The molecule has 0 bridgehead atoms. The van der Waals surface area contributed by atoms with Gasteiger partial charge < -0.3 is 4.57 Å². The van der Waals surface area contributed by atoms with Gasteiger partial charge in [-0.2, -0.15) is 9.97 Å². The SMILES string of the molecule is c1ccc(-c2nc(-c3ccc4c(c3)C(c3ccccc3)(c3ccccc3)c3ccccc3-4)nc(-c3ccccc3-n3c4ccccc4c4ccc5c6ccccc6n(-c6nc(-c7ccccc7)nc(-c7ccccc7)n6)c5c43)n2)cc1. The molecule has 0 saturated carbocycles. The van der Waals surface area contributed by atoms with Crippen LogP contribution in [0, 0.1) is 0 Å². The van der Waals surface area contributed by atoms with Crippen molar-refractivity contribution in [1.29, 1.82) is 0 Å². The fourth-order valence-corrected chi connectivity index (χ4v) is 12.6. The van der Waals surface area contributed by atoms with Gasteiger partial charge in [0.1, 0.15) is 0 Å². The summed E-state index contributed by atoms with van der Waals surface area (Å²) in [6.07, 6.45) is 0. The molecule has 11 aromatic carbocycles.